The molecular weight excluding hydrogens is 319 g/mol. The Morgan fingerprint density at radius 2 is 1.90 bits per heavy atom. The molecule has 6 nitrogen and oxygen atoms in total. The zero-order valence-electron chi connectivity index (χ0n) is 11.5. The maximum atomic E-state index is 13.6. The van der Waals surface area contributed by atoms with Crippen molar-refractivity contribution in [2.24, 2.45) is 0 Å². The minimum atomic E-state index is -4.09. The van der Waals surface area contributed by atoms with Crippen LogP contribution in [0.25, 0.3) is 0 Å². The van der Waals surface area contributed by atoms with Gasteiger partial charge in [-0.05, 0) is 12.1 Å². The number of hydrogen-bond acceptors (Lipinski definition) is 5. The molecule has 0 saturated carbocycles. The molecule has 2 unspecified atom stereocenters. The van der Waals surface area contributed by atoms with Gasteiger partial charge in [0.05, 0.1) is 4.92 Å². The summed E-state index contributed by atoms with van der Waals surface area (Å²) in [5, 5.41) is 11.1. The van der Waals surface area contributed by atoms with Crippen LogP contribution >= 0.6 is 11.8 Å². The lowest BCUT2D eigenvalue weighted by Gasteiger charge is -2.33. The van der Waals surface area contributed by atoms with Gasteiger partial charge in [0.2, 0.25) is 15.8 Å². The van der Waals surface area contributed by atoms with Gasteiger partial charge in [-0.15, -0.1) is 0 Å². The minimum Gasteiger partial charge on any atom is -0.258 e. The molecule has 1 aromatic carbocycles. The van der Waals surface area contributed by atoms with E-state index in [-0.39, 0.29) is 23.6 Å². The van der Waals surface area contributed by atoms with Gasteiger partial charge in [-0.1, -0.05) is 19.9 Å². The number of hydrogen-bond donors (Lipinski definition) is 0. The van der Waals surface area contributed by atoms with Gasteiger partial charge in [-0.2, -0.15) is 20.5 Å². The Labute approximate surface area is 126 Å². The molecule has 2 atom stereocenters. The topological polar surface area (TPSA) is 80.5 Å². The number of halogens is 1. The number of para-hydroxylation sites is 1. The first-order valence-electron chi connectivity index (χ1n) is 6.32. The van der Waals surface area contributed by atoms with Crippen LogP contribution in [0.5, 0.6) is 0 Å². The molecule has 0 bridgehead atoms. The lowest BCUT2D eigenvalue weighted by Crippen LogP contribution is -2.44. The van der Waals surface area contributed by atoms with Crippen molar-refractivity contribution < 1.29 is 17.7 Å². The lowest BCUT2D eigenvalue weighted by molar-refractivity contribution is -0.390. The predicted molar refractivity (Wildman–Crippen MR) is 78.3 cm³/mol. The summed E-state index contributed by atoms with van der Waals surface area (Å²) in [6.45, 7) is 4.29. The number of rotatable bonds is 3. The van der Waals surface area contributed by atoms with Crippen molar-refractivity contribution in [3.63, 3.8) is 0 Å². The Balaban J connectivity index is 2.50. The van der Waals surface area contributed by atoms with E-state index in [0.717, 1.165) is 12.1 Å². The first-order valence-corrected chi connectivity index (χ1v) is 8.70. The highest BCUT2D eigenvalue weighted by Crippen LogP contribution is 2.33. The Kier molecular flexibility index (Phi) is 4.54. The summed E-state index contributed by atoms with van der Waals surface area (Å²) in [6, 6.07) is 3.13. The molecule has 1 aromatic rings. The minimum absolute atomic E-state index is 0.0798. The third-order valence-electron chi connectivity index (χ3n) is 3.14. The van der Waals surface area contributed by atoms with E-state index in [2.05, 4.69) is 0 Å². The van der Waals surface area contributed by atoms with E-state index in [1.54, 1.807) is 11.8 Å². The van der Waals surface area contributed by atoms with Crippen LogP contribution in [0.3, 0.4) is 0 Å². The third-order valence-corrected chi connectivity index (χ3v) is 6.23. The molecule has 1 saturated heterocycles. The molecule has 1 heterocycles. The third kappa shape index (κ3) is 3.19. The van der Waals surface area contributed by atoms with Crippen molar-refractivity contribution in [1.29, 1.82) is 0 Å². The Hall–Kier alpha value is -1.19. The van der Waals surface area contributed by atoms with Crippen LogP contribution in [-0.2, 0) is 10.0 Å². The molecule has 1 fully saturated rings. The summed E-state index contributed by atoms with van der Waals surface area (Å²) >= 11 is 1.66. The van der Waals surface area contributed by atoms with E-state index in [0.29, 0.717) is 0 Å². The number of sulfonamides is 1. The number of nitro groups is 1. The quantitative estimate of drug-likeness (QED) is 0.625. The molecule has 2 rings (SSSR count). The molecule has 1 aliphatic heterocycles. The summed E-state index contributed by atoms with van der Waals surface area (Å²) in [5.41, 5.74) is -0.990. The van der Waals surface area contributed by atoms with Crippen LogP contribution in [0, 0.1) is 15.9 Å². The van der Waals surface area contributed by atoms with Gasteiger partial charge < -0.3 is 0 Å². The molecule has 0 N–H and O–H groups in total. The second kappa shape index (κ2) is 5.90. The molecule has 116 valence electrons. The molecule has 0 aliphatic carbocycles. The monoisotopic (exact) mass is 334 g/mol. The summed E-state index contributed by atoms with van der Waals surface area (Å²) in [4.78, 5) is 9.40. The maximum Gasteiger partial charge on any atom is 0.324 e. The standard InChI is InChI=1S/C12H15FN2O4S2/c1-8-6-14(7-9(2)20-8)21(18,19)11-5-3-4-10(13)12(11)15(16)17/h3-5,8-9H,6-7H2,1-2H3. The first-order chi connectivity index (χ1) is 9.73. The smallest absolute Gasteiger partial charge is 0.258 e. The lowest BCUT2D eigenvalue weighted by atomic mass is 10.3. The highest BCUT2D eigenvalue weighted by atomic mass is 32.2. The number of nitrogens with zero attached hydrogens (tertiary/aromatic N) is 2. The molecular formula is C12H15FN2O4S2. The summed E-state index contributed by atoms with van der Waals surface area (Å²) in [6.07, 6.45) is 0. The zero-order chi connectivity index (χ0) is 15.8. The van der Waals surface area contributed by atoms with Gasteiger partial charge in [0.1, 0.15) is 0 Å². The van der Waals surface area contributed by atoms with Crippen LogP contribution in [0.1, 0.15) is 13.8 Å². The fraction of sp³-hybridized carbons (Fsp3) is 0.500. The van der Waals surface area contributed by atoms with Crippen LogP contribution < -0.4 is 0 Å². The van der Waals surface area contributed by atoms with Crippen molar-refractivity contribution in [3.8, 4) is 0 Å². The number of nitro benzene ring substituents is 1. The van der Waals surface area contributed by atoms with Crippen molar-refractivity contribution in [3.05, 3.63) is 34.1 Å². The van der Waals surface area contributed by atoms with E-state index in [1.165, 1.54) is 10.4 Å². The van der Waals surface area contributed by atoms with Crippen LogP contribution in [0.2, 0.25) is 0 Å². The Bertz CT molecular complexity index is 655. The Morgan fingerprint density at radius 3 is 2.43 bits per heavy atom. The van der Waals surface area contributed by atoms with Crippen molar-refractivity contribution in [1.82, 2.24) is 4.31 Å². The van der Waals surface area contributed by atoms with Crippen LogP contribution in [0.4, 0.5) is 10.1 Å². The van der Waals surface area contributed by atoms with Gasteiger partial charge in [-0.25, -0.2) is 8.42 Å². The van der Waals surface area contributed by atoms with E-state index >= 15 is 0 Å². The molecule has 1 aliphatic rings. The average Bonchev–Trinajstić information content (AvgIpc) is 2.36. The maximum absolute atomic E-state index is 13.6. The average molecular weight is 334 g/mol. The van der Waals surface area contributed by atoms with Gasteiger partial charge in [0.15, 0.2) is 4.90 Å². The summed E-state index contributed by atoms with van der Waals surface area (Å²) < 4.78 is 40.0. The second-order valence-electron chi connectivity index (χ2n) is 4.92. The second-order valence-corrected chi connectivity index (χ2v) is 8.71. The van der Waals surface area contributed by atoms with Gasteiger partial charge in [-0.3, -0.25) is 10.1 Å². The molecule has 0 amide bonds. The first kappa shape index (κ1) is 16.2. The van der Waals surface area contributed by atoms with E-state index in [4.69, 9.17) is 0 Å². The highest BCUT2D eigenvalue weighted by molar-refractivity contribution is 8.00. The fourth-order valence-corrected chi connectivity index (χ4v) is 5.65. The summed E-state index contributed by atoms with van der Waals surface area (Å²) in [5.74, 6) is -1.14. The fourth-order valence-electron chi connectivity index (χ4n) is 2.35. The SMILES string of the molecule is CC1CN(S(=O)(=O)c2cccc(F)c2[N+](=O)[O-])CC(C)S1. The van der Waals surface area contributed by atoms with Crippen molar-refractivity contribution in [2.75, 3.05) is 13.1 Å². The summed E-state index contributed by atoms with van der Waals surface area (Å²) in [7, 11) is -4.09. The van der Waals surface area contributed by atoms with E-state index in [1.807, 2.05) is 13.8 Å². The zero-order valence-corrected chi connectivity index (χ0v) is 13.2. The van der Waals surface area contributed by atoms with Gasteiger partial charge >= 0.3 is 5.69 Å². The molecule has 0 aromatic heterocycles. The number of thioether (sulfide) groups is 1. The molecule has 0 radical (unpaired) electrons. The Morgan fingerprint density at radius 1 is 1.33 bits per heavy atom. The highest BCUT2D eigenvalue weighted by Gasteiger charge is 2.37. The number of benzene rings is 1. The van der Waals surface area contributed by atoms with Crippen molar-refractivity contribution >= 4 is 27.5 Å². The molecule has 21 heavy (non-hydrogen) atoms. The van der Waals surface area contributed by atoms with E-state index < -0.39 is 31.3 Å². The van der Waals surface area contributed by atoms with Gasteiger partial charge in [0, 0.05) is 23.6 Å². The van der Waals surface area contributed by atoms with E-state index in [9.17, 15) is 22.9 Å². The molecule has 9 heteroatoms. The van der Waals surface area contributed by atoms with Crippen molar-refractivity contribution in [2.45, 2.75) is 29.2 Å². The largest absolute Gasteiger partial charge is 0.324 e. The predicted octanol–water partition coefficient (Wildman–Crippen LogP) is 2.25. The van der Waals surface area contributed by atoms with Crippen LogP contribution in [0.15, 0.2) is 23.1 Å². The normalized spacial score (nSPS) is 24.0. The molecule has 0 spiro atoms. The van der Waals surface area contributed by atoms with Gasteiger partial charge in [0.25, 0.3) is 0 Å². The van der Waals surface area contributed by atoms with Crippen LogP contribution in [-0.4, -0.2) is 41.2 Å².